The standard InChI is InChI=1S/C39H48N6O4S/c1-25(2)49-33-24-31(28-16-18-45(19-17-28)20-21-48-6)27(5)22-30(33)23-35-41-38(40-32-14-10-11-15-34(32)50(46,47)26(3)4)36-37(43-44-39(36)42-35)29-12-8-7-9-13-29/h7-15,22,24-26,28H,16-21,23H2,1-6H3,(H2,40,41,42,43,44). The third kappa shape index (κ3) is 7.70. The average molecular weight is 697 g/mol. The smallest absolute Gasteiger partial charge is 0.187 e. The third-order valence-corrected chi connectivity index (χ3v) is 11.6. The highest BCUT2D eigenvalue weighted by molar-refractivity contribution is 7.92. The molecule has 0 unspecified atom stereocenters. The number of likely N-dealkylation sites (tertiary alicyclic amines) is 1. The molecule has 0 bridgehead atoms. The molecule has 264 valence electrons. The van der Waals surface area contributed by atoms with Crippen LogP contribution in [0.4, 0.5) is 11.5 Å². The lowest BCUT2D eigenvalue weighted by Crippen LogP contribution is -2.35. The van der Waals surface area contributed by atoms with Crippen molar-refractivity contribution in [1.82, 2.24) is 25.1 Å². The van der Waals surface area contributed by atoms with Crippen LogP contribution in [-0.2, 0) is 21.0 Å². The molecular weight excluding hydrogens is 649 g/mol. The maximum atomic E-state index is 13.4. The summed E-state index contributed by atoms with van der Waals surface area (Å²) < 4.78 is 38.5. The Kier molecular flexibility index (Phi) is 10.9. The molecule has 2 N–H and O–H groups in total. The fraction of sp³-hybridized carbons (Fsp3) is 0.410. The van der Waals surface area contributed by atoms with E-state index in [0.29, 0.717) is 40.7 Å². The molecule has 1 saturated heterocycles. The lowest BCUT2D eigenvalue weighted by Gasteiger charge is -2.33. The molecule has 0 saturated carbocycles. The van der Waals surface area contributed by atoms with Crippen molar-refractivity contribution in [3.8, 4) is 17.0 Å². The van der Waals surface area contributed by atoms with Crippen LogP contribution < -0.4 is 10.1 Å². The number of nitrogens with one attached hydrogen (secondary N) is 2. The van der Waals surface area contributed by atoms with E-state index in [9.17, 15) is 8.42 Å². The van der Waals surface area contributed by atoms with E-state index in [-0.39, 0.29) is 11.0 Å². The van der Waals surface area contributed by atoms with Crippen LogP contribution in [0.15, 0.2) is 71.6 Å². The molecule has 10 nitrogen and oxygen atoms in total. The predicted octanol–water partition coefficient (Wildman–Crippen LogP) is 7.46. The number of ether oxygens (including phenoxy) is 2. The summed E-state index contributed by atoms with van der Waals surface area (Å²) in [6.07, 6.45) is 2.58. The highest BCUT2D eigenvalue weighted by Gasteiger charge is 2.26. The van der Waals surface area contributed by atoms with E-state index >= 15 is 0 Å². The molecule has 11 heteroatoms. The number of hydrogen-bond donors (Lipinski definition) is 2. The van der Waals surface area contributed by atoms with Crippen molar-refractivity contribution in [3.63, 3.8) is 0 Å². The first-order chi connectivity index (χ1) is 24.0. The highest BCUT2D eigenvalue weighted by Crippen LogP contribution is 2.38. The van der Waals surface area contributed by atoms with Gasteiger partial charge in [-0.25, -0.2) is 18.4 Å². The van der Waals surface area contributed by atoms with Crippen LogP contribution in [0.3, 0.4) is 0 Å². The Morgan fingerprint density at radius 3 is 2.40 bits per heavy atom. The number of fused-ring (bicyclic) bond motifs is 1. The number of aromatic nitrogens is 4. The molecular formula is C39H48N6O4S. The van der Waals surface area contributed by atoms with Gasteiger partial charge in [-0.2, -0.15) is 5.10 Å². The molecule has 3 aromatic carbocycles. The largest absolute Gasteiger partial charge is 0.491 e. The van der Waals surface area contributed by atoms with Gasteiger partial charge in [-0.05, 0) is 95.8 Å². The Hall–Kier alpha value is -4.32. The van der Waals surface area contributed by atoms with Crippen LogP contribution >= 0.6 is 0 Å². The van der Waals surface area contributed by atoms with Crippen LogP contribution in [-0.4, -0.2) is 78.2 Å². The highest BCUT2D eigenvalue weighted by atomic mass is 32.2. The van der Waals surface area contributed by atoms with Gasteiger partial charge in [0, 0.05) is 31.2 Å². The van der Waals surface area contributed by atoms with Crippen molar-refractivity contribution >= 4 is 32.4 Å². The van der Waals surface area contributed by atoms with Gasteiger partial charge in [0.15, 0.2) is 15.5 Å². The summed E-state index contributed by atoms with van der Waals surface area (Å²) in [7, 11) is -1.83. The topological polar surface area (TPSA) is 122 Å². The summed E-state index contributed by atoms with van der Waals surface area (Å²) in [5.41, 5.74) is 6.15. The zero-order chi connectivity index (χ0) is 35.4. The molecule has 0 aliphatic carbocycles. The zero-order valence-corrected chi connectivity index (χ0v) is 30.7. The number of piperidine rings is 1. The number of sulfone groups is 1. The minimum atomic E-state index is -3.59. The number of rotatable bonds is 13. The van der Waals surface area contributed by atoms with Gasteiger partial charge in [-0.15, -0.1) is 0 Å². The molecule has 5 aromatic rings. The number of nitrogens with zero attached hydrogens (tertiary/aromatic N) is 4. The third-order valence-electron chi connectivity index (χ3n) is 9.39. The van der Waals surface area contributed by atoms with Crippen LogP contribution in [0.25, 0.3) is 22.3 Å². The van der Waals surface area contributed by atoms with Crippen molar-refractivity contribution in [3.05, 3.63) is 89.2 Å². The molecule has 0 radical (unpaired) electrons. The predicted molar refractivity (Wildman–Crippen MR) is 199 cm³/mol. The second-order valence-corrected chi connectivity index (χ2v) is 16.1. The Labute approximate surface area is 295 Å². The Morgan fingerprint density at radius 2 is 1.70 bits per heavy atom. The SMILES string of the molecule is COCCN1CCC(c2cc(OC(C)C)c(Cc3nc(Nc4ccccc4S(=O)(=O)C(C)C)c4c(-c5ccccc5)[nH]nc4n3)cc2C)CC1. The number of anilines is 2. The Bertz CT molecular complexity index is 2040. The number of hydrogen-bond acceptors (Lipinski definition) is 9. The molecule has 6 rings (SSSR count). The van der Waals surface area contributed by atoms with E-state index in [4.69, 9.17) is 19.4 Å². The van der Waals surface area contributed by atoms with E-state index in [1.54, 1.807) is 39.2 Å². The number of methoxy groups -OCH3 is 1. The Morgan fingerprint density at radius 1 is 0.980 bits per heavy atom. The van der Waals surface area contributed by atoms with Gasteiger partial charge in [-0.3, -0.25) is 5.10 Å². The minimum absolute atomic E-state index is 0.0139. The number of para-hydroxylation sites is 1. The lowest BCUT2D eigenvalue weighted by atomic mass is 9.85. The van der Waals surface area contributed by atoms with Crippen molar-refractivity contribution in [2.24, 2.45) is 0 Å². The van der Waals surface area contributed by atoms with Gasteiger partial charge < -0.3 is 19.7 Å². The average Bonchev–Trinajstić information content (AvgIpc) is 3.53. The number of aromatic amines is 1. The molecule has 1 fully saturated rings. The molecule has 3 heterocycles. The van der Waals surface area contributed by atoms with Crippen LogP contribution in [0, 0.1) is 6.92 Å². The lowest BCUT2D eigenvalue weighted by molar-refractivity contribution is 0.130. The molecule has 1 aliphatic rings. The Balaban J connectivity index is 1.40. The normalized spacial score (nSPS) is 14.6. The summed E-state index contributed by atoms with van der Waals surface area (Å²) in [6, 6.07) is 21.3. The van der Waals surface area contributed by atoms with Gasteiger partial charge in [0.25, 0.3) is 0 Å². The summed E-state index contributed by atoms with van der Waals surface area (Å²) >= 11 is 0. The summed E-state index contributed by atoms with van der Waals surface area (Å²) in [5.74, 6) is 2.32. The monoisotopic (exact) mass is 696 g/mol. The van der Waals surface area contributed by atoms with E-state index < -0.39 is 15.1 Å². The first-order valence-corrected chi connectivity index (χ1v) is 19.0. The maximum Gasteiger partial charge on any atom is 0.187 e. The van der Waals surface area contributed by atoms with Crippen molar-refractivity contribution in [2.75, 3.05) is 38.7 Å². The first-order valence-electron chi connectivity index (χ1n) is 17.5. The zero-order valence-electron chi connectivity index (χ0n) is 29.9. The van der Waals surface area contributed by atoms with Gasteiger partial charge in [0.05, 0.1) is 39.6 Å². The van der Waals surface area contributed by atoms with Crippen molar-refractivity contribution in [2.45, 2.75) is 76.0 Å². The van der Waals surface area contributed by atoms with Crippen molar-refractivity contribution < 1.29 is 17.9 Å². The first kappa shape index (κ1) is 35.5. The quantitative estimate of drug-likeness (QED) is 0.129. The second kappa shape index (κ2) is 15.3. The van der Waals surface area contributed by atoms with E-state index in [1.807, 2.05) is 50.2 Å². The van der Waals surface area contributed by atoms with Crippen molar-refractivity contribution in [1.29, 1.82) is 0 Å². The van der Waals surface area contributed by atoms with Crippen LogP contribution in [0.5, 0.6) is 5.75 Å². The molecule has 0 spiro atoms. The van der Waals surface area contributed by atoms with E-state index in [2.05, 4.69) is 39.5 Å². The number of H-pyrrole nitrogens is 1. The van der Waals surface area contributed by atoms with Gasteiger partial charge >= 0.3 is 0 Å². The fourth-order valence-electron chi connectivity index (χ4n) is 6.72. The number of aryl methyl sites for hydroxylation is 1. The molecule has 0 atom stereocenters. The van der Waals surface area contributed by atoms with Gasteiger partial charge in [-0.1, -0.05) is 48.5 Å². The summed E-state index contributed by atoms with van der Waals surface area (Å²) in [6.45, 7) is 13.5. The molecule has 1 aliphatic heterocycles. The molecule has 2 aromatic heterocycles. The van der Waals surface area contributed by atoms with E-state index in [1.165, 1.54) is 11.1 Å². The van der Waals surface area contributed by atoms with Gasteiger partial charge in [0.2, 0.25) is 0 Å². The molecule has 0 amide bonds. The van der Waals surface area contributed by atoms with E-state index in [0.717, 1.165) is 61.7 Å². The van der Waals surface area contributed by atoms with Crippen LogP contribution in [0.2, 0.25) is 0 Å². The van der Waals surface area contributed by atoms with Crippen LogP contribution in [0.1, 0.15) is 69.0 Å². The van der Waals surface area contributed by atoms with Gasteiger partial charge in [0.1, 0.15) is 17.4 Å². The summed E-state index contributed by atoms with van der Waals surface area (Å²) in [5, 5.41) is 11.3. The number of benzene rings is 3. The fourth-order valence-corrected chi connectivity index (χ4v) is 7.92. The second-order valence-electron chi connectivity index (χ2n) is 13.6. The summed E-state index contributed by atoms with van der Waals surface area (Å²) in [4.78, 5) is 12.7. The minimum Gasteiger partial charge on any atom is -0.491 e. The molecule has 50 heavy (non-hydrogen) atoms. The maximum absolute atomic E-state index is 13.4.